The number of fused-ring (bicyclic) bond motifs is 1. The van der Waals surface area contributed by atoms with Gasteiger partial charge in [-0.05, 0) is 18.6 Å². The molecule has 1 aromatic rings. The van der Waals surface area contributed by atoms with Gasteiger partial charge < -0.3 is 16.0 Å². The van der Waals surface area contributed by atoms with Gasteiger partial charge in [0.1, 0.15) is 6.04 Å². The Morgan fingerprint density at radius 2 is 2.11 bits per heavy atom. The van der Waals surface area contributed by atoms with Crippen LogP contribution < -0.4 is 16.0 Å². The maximum atomic E-state index is 11.9. The summed E-state index contributed by atoms with van der Waals surface area (Å²) in [5, 5.41) is 8.67. The largest absolute Gasteiger partial charge is 0.373 e. The molecule has 5 nitrogen and oxygen atoms in total. The molecular weight excluding hydrogens is 242 g/mol. The molecule has 0 fully saturated rings. The number of hydrogen-bond donors (Lipinski definition) is 3. The van der Waals surface area contributed by atoms with E-state index in [1.807, 2.05) is 31.2 Å². The Balaban J connectivity index is 1.76. The van der Waals surface area contributed by atoms with Crippen LogP contribution in [0.25, 0.3) is 0 Å². The number of carbonyl (C=O) groups is 2. The van der Waals surface area contributed by atoms with E-state index < -0.39 is 0 Å². The predicted molar refractivity (Wildman–Crippen MR) is 73.9 cm³/mol. The summed E-state index contributed by atoms with van der Waals surface area (Å²) in [7, 11) is 0. The van der Waals surface area contributed by atoms with Gasteiger partial charge >= 0.3 is 0 Å². The van der Waals surface area contributed by atoms with Crippen molar-refractivity contribution in [2.45, 2.75) is 25.8 Å². The van der Waals surface area contributed by atoms with Gasteiger partial charge in [0.25, 0.3) is 0 Å². The average Bonchev–Trinajstić information content (AvgIpc) is 2.82. The summed E-state index contributed by atoms with van der Waals surface area (Å²) in [6.07, 6.45) is 1.02. The van der Waals surface area contributed by atoms with Gasteiger partial charge in [-0.25, -0.2) is 0 Å². The molecule has 1 heterocycles. The first-order chi connectivity index (χ1) is 9.20. The molecule has 2 rings (SSSR count). The summed E-state index contributed by atoms with van der Waals surface area (Å²) in [6.45, 7) is 2.86. The molecule has 0 spiro atoms. The summed E-state index contributed by atoms with van der Waals surface area (Å²) >= 11 is 0. The van der Waals surface area contributed by atoms with Gasteiger partial charge in [0.2, 0.25) is 11.8 Å². The lowest BCUT2D eigenvalue weighted by Crippen LogP contribution is -2.40. The van der Waals surface area contributed by atoms with E-state index in [1.54, 1.807) is 0 Å². The van der Waals surface area contributed by atoms with Crippen molar-refractivity contribution in [1.82, 2.24) is 10.6 Å². The van der Waals surface area contributed by atoms with E-state index in [0.717, 1.165) is 11.3 Å². The molecule has 0 aliphatic carbocycles. The van der Waals surface area contributed by atoms with E-state index in [-0.39, 0.29) is 17.9 Å². The molecule has 2 amide bonds. The van der Waals surface area contributed by atoms with Crippen molar-refractivity contribution in [2.24, 2.45) is 0 Å². The van der Waals surface area contributed by atoms with Crippen molar-refractivity contribution in [2.75, 3.05) is 18.4 Å². The highest BCUT2D eigenvalue weighted by molar-refractivity contribution is 5.87. The van der Waals surface area contributed by atoms with Gasteiger partial charge in [0.05, 0.1) is 0 Å². The fraction of sp³-hybridized carbons (Fsp3) is 0.429. The average molecular weight is 261 g/mol. The second-order valence-electron chi connectivity index (χ2n) is 4.55. The van der Waals surface area contributed by atoms with Crippen molar-refractivity contribution in [3.63, 3.8) is 0 Å². The van der Waals surface area contributed by atoms with Crippen LogP contribution in [-0.2, 0) is 16.0 Å². The Morgan fingerprint density at radius 1 is 1.32 bits per heavy atom. The summed E-state index contributed by atoms with van der Waals surface area (Å²) in [5.74, 6) is -0.0917. The quantitative estimate of drug-likeness (QED) is 0.729. The standard InChI is InChI=1S/C14H19N3O2/c1-2-15-13(18)7-8-16-14(19)12-9-10-5-3-4-6-11(10)17-12/h3-6,12,17H,2,7-9H2,1H3,(H,15,18)(H,16,19). The Hall–Kier alpha value is -2.04. The summed E-state index contributed by atoms with van der Waals surface area (Å²) in [5.41, 5.74) is 2.18. The molecular formula is C14H19N3O2. The lowest BCUT2D eigenvalue weighted by Gasteiger charge is -2.11. The fourth-order valence-corrected chi connectivity index (χ4v) is 2.16. The lowest BCUT2D eigenvalue weighted by atomic mass is 10.1. The highest BCUT2D eigenvalue weighted by Gasteiger charge is 2.25. The summed E-state index contributed by atoms with van der Waals surface area (Å²) in [6, 6.07) is 7.67. The van der Waals surface area contributed by atoms with Crippen molar-refractivity contribution in [1.29, 1.82) is 0 Å². The van der Waals surface area contributed by atoms with E-state index in [0.29, 0.717) is 25.9 Å². The van der Waals surface area contributed by atoms with Crippen LogP contribution in [0, 0.1) is 0 Å². The molecule has 0 radical (unpaired) electrons. The first-order valence-corrected chi connectivity index (χ1v) is 6.59. The van der Waals surface area contributed by atoms with Crippen LogP contribution in [0.15, 0.2) is 24.3 Å². The van der Waals surface area contributed by atoms with Crippen LogP contribution in [0.5, 0.6) is 0 Å². The highest BCUT2D eigenvalue weighted by Crippen LogP contribution is 2.24. The van der Waals surface area contributed by atoms with Crippen molar-refractivity contribution in [3.05, 3.63) is 29.8 Å². The third kappa shape index (κ3) is 3.47. The van der Waals surface area contributed by atoms with Crippen molar-refractivity contribution in [3.8, 4) is 0 Å². The second kappa shape index (κ2) is 6.22. The maximum absolute atomic E-state index is 11.9. The maximum Gasteiger partial charge on any atom is 0.242 e. The minimum absolute atomic E-state index is 0.0366. The SMILES string of the molecule is CCNC(=O)CCNC(=O)C1Cc2ccccc2N1. The van der Waals surface area contributed by atoms with E-state index in [4.69, 9.17) is 0 Å². The first-order valence-electron chi connectivity index (χ1n) is 6.59. The van der Waals surface area contributed by atoms with Crippen LogP contribution in [0.2, 0.25) is 0 Å². The smallest absolute Gasteiger partial charge is 0.242 e. The van der Waals surface area contributed by atoms with E-state index in [1.165, 1.54) is 0 Å². The molecule has 102 valence electrons. The van der Waals surface area contributed by atoms with E-state index in [9.17, 15) is 9.59 Å². The number of amides is 2. The molecule has 0 bridgehead atoms. The number of para-hydroxylation sites is 1. The first kappa shape index (κ1) is 13.4. The molecule has 19 heavy (non-hydrogen) atoms. The fourth-order valence-electron chi connectivity index (χ4n) is 2.16. The molecule has 1 aromatic carbocycles. The van der Waals surface area contributed by atoms with Crippen LogP contribution in [0.1, 0.15) is 18.9 Å². The minimum Gasteiger partial charge on any atom is -0.373 e. The van der Waals surface area contributed by atoms with Crippen LogP contribution in [0.4, 0.5) is 5.69 Å². The Labute approximate surface area is 112 Å². The number of benzene rings is 1. The molecule has 0 saturated heterocycles. The predicted octanol–water partition coefficient (Wildman–Crippen LogP) is 0.666. The molecule has 0 saturated carbocycles. The topological polar surface area (TPSA) is 70.2 Å². The molecule has 5 heteroatoms. The number of nitrogens with one attached hydrogen (secondary N) is 3. The van der Waals surface area contributed by atoms with Crippen molar-refractivity contribution < 1.29 is 9.59 Å². The van der Waals surface area contributed by atoms with Crippen LogP contribution in [0.3, 0.4) is 0 Å². The Kier molecular flexibility index (Phi) is 4.39. The van der Waals surface area contributed by atoms with Crippen molar-refractivity contribution >= 4 is 17.5 Å². The Bertz CT molecular complexity index is 449. The van der Waals surface area contributed by atoms with Gasteiger partial charge in [-0.2, -0.15) is 0 Å². The molecule has 3 N–H and O–H groups in total. The summed E-state index contributed by atoms with van der Waals surface area (Å²) in [4.78, 5) is 23.2. The zero-order chi connectivity index (χ0) is 13.7. The summed E-state index contributed by atoms with van der Waals surface area (Å²) < 4.78 is 0. The monoisotopic (exact) mass is 261 g/mol. The van der Waals surface area contributed by atoms with Gasteiger partial charge in [-0.1, -0.05) is 18.2 Å². The number of carbonyl (C=O) groups excluding carboxylic acids is 2. The molecule has 1 aliphatic rings. The Morgan fingerprint density at radius 3 is 2.84 bits per heavy atom. The number of anilines is 1. The molecule has 1 unspecified atom stereocenters. The minimum atomic E-state index is -0.230. The lowest BCUT2D eigenvalue weighted by molar-refractivity contribution is -0.122. The normalized spacial score (nSPS) is 16.4. The van der Waals surface area contributed by atoms with Gasteiger partial charge in [0.15, 0.2) is 0 Å². The van der Waals surface area contributed by atoms with Crippen LogP contribution in [-0.4, -0.2) is 30.9 Å². The molecule has 1 atom stereocenters. The molecule has 1 aliphatic heterocycles. The second-order valence-corrected chi connectivity index (χ2v) is 4.55. The van der Waals surface area contributed by atoms with Crippen LogP contribution >= 0.6 is 0 Å². The van der Waals surface area contributed by atoms with Gasteiger partial charge in [-0.15, -0.1) is 0 Å². The zero-order valence-corrected chi connectivity index (χ0v) is 11.0. The number of hydrogen-bond acceptors (Lipinski definition) is 3. The third-order valence-corrected chi connectivity index (χ3v) is 3.11. The number of rotatable bonds is 5. The van der Waals surface area contributed by atoms with E-state index in [2.05, 4.69) is 16.0 Å². The third-order valence-electron chi connectivity index (χ3n) is 3.11. The van der Waals surface area contributed by atoms with Gasteiger partial charge in [0, 0.05) is 31.6 Å². The molecule has 0 aromatic heterocycles. The zero-order valence-electron chi connectivity index (χ0n) is 11.0. The van der Waals surface area contributed by atoms with E-state index >= 15 is 0 Å². The van der Waals surface area contributed by atoms with Gasteiger partial charge in [-0.3, -0.25) is 9.59 Å². The highest BCUT2D eigenvalue weighted by atomic mass is 16.2.